The fourth-order valence-electron chi connectivity index (χ4n) is 7.19. The SMILES string of the molecule is CC1(C)C2CCC1(CS(=O)(=O)O/N=C(\C#N)c1ccc(CO)cc1)C(=O)C2.CS(=O)(=O)O/N=C(\C#N)c1ccc(CO)cc1.Cc1ccc(S(=O)(=O)O/N=C(\C#N)c2ccc(CO)cc2)cc1. The van der Waals surface area contributed by atoms with E-state index in [-0.39, 0.29) is 53.6 Å². The van der Waals surface area contributed by atoms with Crippen LogP contribution in [0.3, 0.4) is 0 Å². The van der Waals surface area contributed by atoms with Crippen molar-refractivity contribution in [1.82, 2.24) is 0 Å². The first-order chi connectivity index (χ1) is 31.6. The molecule has 67 heavy (non-hydrogen) atoms. The van der Waals surface area contributed by atoms with Crippen molar-refractivity contribution in [3.63, 3.8) is 0 Å². The van der Waals surface area contributed by atoms with Crippen molar-refractivity contribution in [1.29, 1.82) is 15.8 Å². The van der Waals surface area contributed by atoms with Crippen molar-refractivity contribution in [3.05, 3.63) is 136 Å². The number of oxime groups is 3. The maximum absolute atomic E-state index is 12.5. The third-order valence-electron chi connectivity index (χ3n) is 11.2. The van der Waals surface area contributed by atoms with Crippen LogP contribution in [0.5, 0.6) is 0 Å². The topological polar surface area (TPSA) is 316 Å². The lowest BCUT2D eigenvalue weighted by Crippen LogP contribution is -2.42. The van der Waals surface area contributed by atoms with Crippen molar-refractivity contribution in [2.75, 3.05) is 12.0 Å². The van der Waals surface area contributed by atoms with Gasteiger partial charge in [0.25, 0.3) is 0 Å². The molecule has 2 atom stereocenters. The van der Waals surface area contributed by atoms with Crippen LogP contribution >= 0.6 is 0 Å². The number of carbonyl (C=O) groups excluding carboxylic acids is 1. The zero-order chi connectivity index (χ0) is 49.6. The fraction of sp³-hybridized carbons (Fsp3) is 0.311. The summed E-state index contributed by atoms with van der Waals surface area (Å²) in [7, 11) is -11.9. The molecule has 6 rings (SSSR count). The van der Waals surface area contributed by atoms with Crippen LogP contribution in [0.25, 0.3) is 0 Å². The number of rotatable bonds is 15. The Morgan fingerprint density at radius 1 is 0.642 bits per heavy atom. The predicted molar refractivity (Wildman–Crippen MR) is 242 cm³/mol. The maximum atomic E-state index is 12.5. The Balaban J connectivity index is 0.000000225. The van der Waals surface area contributed by atoms with Gasteiger partial charge in [-0.25, -0.2) is 0 Å². The van der Waals surface area contributed by atoms with E-state index in [1.165, 1.54) is 12.1 Å². The molecule has 0 aromatic heterocycles. The first-order valence-corrected chi connectivity index (χ1v) is 24.8. The van der Waals surface area contributed by atoms with Crippen LogP contribution in [0, 0.1) is 57.7 Å². The number of Topliss-reactive ketones (excluding diaryl/α,β-unsaturated/α-hetero) is 1. The van der Waals surface area contributed by atoms with Gasteiger partial charge in [0.2, 0.25) is 0 Å². The summed E-state index contributed by atoms with van der Waals surface area (Å²) < 4.78 is 84.1. The molecule has 0 spiro atoms. The van der Waals surface area contributed by atoms with E-state index in [1.54, 1.807) is 97.1 Å². The molecule has 0 heterocycles. The van der Waals surface area contributed by atoms with Gasteiger partial charge in [0, 0.05) is 23.1 Å². The van der Waals surface area contributed by atoms with Crippen LogP contribution < -0.4 is 0 Å². The van der Waals surface area contributed by atoms with E-state index in [9.17, 15) is 35.3 Å². The van der Waals surface area contributed by atoms with Gasteiger partial charge in [-0.15, -0.1) is 0 Å². The molecular formula is C45H46N6O13S3. The first-order valence-electron chi connectivity index (χ1n) is 20.0. The van der Waals surface area contributed by atoms with E-state index in [0.717, 1.165) is 18.2 Å². The number of aryl methyl sites for hydroxylation is 1. The third kappa shape index (κ3) is 13.8. The third-order valence-corrected chi connectivity index (χ3v) is 13.8. The van der Waals surface area contributed by atoms with Crippen molar-refractivity contribution in [2.24, 2.45) is 32.2 Å². The molecule has 4 aromatic carbocycles. The van der Waals surface area contributed by atoms with Crippen LogP contribution in [0.15, 0.2) is 117 Å². The number of fused-ring (bicyclic) bond motifs is 2. The second-order valence-electron chi connectivity index (χ2n) is 15.8. The van der Waals surface area contributed by atoms with Gasteiger partial charge >= 0.3 is 30.4 Å². The van der Waals surface area contributed by atoms with E-state index in [2.05, 4.69) is 24.0 Å². The van der Waals surface area contributed by atoms with Gasteiger partial charge in [-0.05, 0) is 59.9 Å². The maximum Gasteiger partial charge on any atom is 0.358 e. The zero-order valence-corrected chi connectivity index (χ0v) is 39.0. The molecule has 2 unspecified atom stereocenters. The molecule has 22 heteroatoms. The van der Waals surface area contributed by atoms with Gasteiger partial charge in [0.1, 0.15) is 34.6 Å². The number of benzene rings is 4. The van der Waals surface area contributed by atoms with Gasteiger partial charge in [0.15, 0.2) is 17.1 Å². The van der Waals surface area contributed by atoms with Gasteiger partial charge < -0.3 is 15.3 Å². The number of hydrogen-bond acceptors (Lipinski definition) is 19. The normalized spacial score (nSPS) is 17.9. The summed E-state index contributed by atoms with van der Waals surface area (Å²) in [5.74, 6) is -0.253. The molecule has 2 aliphatic rings. The second kappa shape index (κ2) is 22.6. The number of aliphatic hydroxyl groups excluding tert-OH is 3. The Morgan fingerprint density at radius 2 is 1.03 bits per heavy atom. The van der Waals surface area contributed by atoms with Gasteiger partial charge in [-0.1, -0.05) is 120 Å². The van der Waals surface area contributed by atoms with E-state index < -0.39 is 46.9 Å². The smallest absolute Gasteiger partial charge is 0.358 e. The quantitative estimate of drug-likeness (QED) is 0.108. The van der Waals surface area contributed by atoms with Crippen molar-refractivity contribution in [2.45, 2.75) is 64.7 Å². The Labute approximate surface area is 388 Å². The molecule has 2 bridgehead atoms. The summed E-state index contributed by atoms with van der Waals surface area (Å²) in [6.07, 6.45) is 2.61. The number of carbonyl (C=O) groups is 1. The number of hydrogen-bond donors (Lipinski definition) is 3. The van der Waals surface area contributed by atoms with Gasteiger partial charge in [0.05, 0.1) is 31.5 Å². The average molecular weight is 975 g/mol. The van der Waals surface area contributed by atoms with E-state index in [1.807, 2.05) is 26.8 Å². The highest BCUT2D eigenvalue weighted by Gasteiger charge is 2.65. The lowest BCUT2D eigenvalue weighted by molar-refractivity contribution is -0.128. The Kier molecular flexibility index (Phi) is 17.8. The number of nitriles is 3. The molecule has 0 amide bonds. The molecule has 2 fully saturated rings. The zero-order valence-electron chi connectivity index (χ0n) is 36.6. The van der Waals surface area contributed by atoms with Gasteiger partial charge in [-0.2, -0.15) is 41.0 Å². The molecule has 0 aliphatic heterocycles. The Bertz CT molecular complexity index is 2970. The van der Waals surface area contributed by atoms with Crippen molar-refractivity contribution in [3.8, 4) is 18.2 Å². The summed E-state index contributed by atoms with van der Waals surface area (Å²) in [5, 5.41) is 64.2. The van der Waals surface area contributed by atoms with Crippen LogP contribution in [0.4, 0.5) is 0 Å². The molecule has 4 aromatic rings. The largest absolute Gasteiger partial charge is 0.392 e. The lowest BCUT2D eigenvalue weighted by Gasteiger charge is -2.35. The highest BCUT2D eigenvalue weighted by Crippen LogP contribution is 2.64. The molecule has 3 N–H and O–H groups in total. The van der Waals surface area contributed by atoms with Crippen molar-refractivity contribution < 1.29 is 58.2 Å². The molecule has 2 aliphatic carbocycles. The molecule has 2 saturated carbocycles. The number of ketones is 1. The van der Waals surface area contributed by atoms with Crippen LogP contribution in [0.2, 0.25) is 0 Å². The summed E-state index contributed by atoms with van der Waals surface area (Å²) >= 11 is 0. The minimum Gasteiger partial charge on any atom is -0.392 e. The summed E-state index contributed by atoms with van der Waals surface area (Å²) in [6, 6.07) is 30.3. The fourth-order valence-corrected chi connectivity index (χ4v) is 9.65. The average Bonchev–Trinajstić information content (AvgIpc) is 3.65. The first kappa shape index (κ1) is 52.8. The summed E-state index contributed by atoms with van der Waals surface area (Å²) in [6.45, 7) is 5.34. The number of aliphatic hydroxyl groups is 3. The van der Waals surface area contributed by atoms with Crippen molar-refractivity contribution >= 4 is 53.3 Å². The minimum atomic E-state index is -4.14. The van der Waals surface area contributed by atoms with Crippen LogP contribution in [-0.2, 0) is 67.8 Å². The molecular weight excluding hydrogens is 929 g/mol. The predicted octanol–water partition coefficient (Wildman–Crippen LogP) is 4.65. The highest BCUT2D eigenvalue weighted by molar-refractivity contribution is 7.87. The Hall–Kier alpha value is -6.84. The molecule has 0 saturated heterocycles. The van der Waals surface area contributed by atoms with E-state index >= 15 is 0 Å². The lowest BCUT2D eigenvalue weighted by atomic mass is 9.70. The molecule has 0 radical (unpaired) electrons. The summed E-state index contributed by atoms with van der Waals surface area (Å²) in [4.78, 5) is 12.5. The van der Waals surface area contributed by atoms with E-state index in [0.29, 0.717) is 46.2 Å². The number of nitrogens with zero attached hydrogens (tertiary/aromatic N) is 6. The minimum absolute atomic E-state index is 0.0278. The summed E-state index contributed by atoms with van der Waals surface area (Å²) in [5.41, 5.74) is 2.22. The standard InChI is InChI=1S/C19H22N2O5S.C16H14N2O4S.C10H10N2O4S/c1-18(2)15-7-8-19(18,17(23)9-15)12-27(24,25)26-21-16(10-20)14-5-3-13(11-22)4-6-14;1-12-2-8-15(9-3-12)23(20,21)22-18-16(10-17)14-6-4-13(11-19)5-7-14;1-17(14,15)16-12-10(6-11)9-4-2-8(7-13)3-5-9/h3-6,15,22H,7-9,11-12H2,1-2H3;2-9,19H,11H2,1H3;2-5,13H,7H2,1H3/b21-16+;18-16+;12-10+. The van der Waals surface area contributed by atoms with Gasteiger partial charge in [-0.3, -0.25) is 17.6 Å². The molecule has 19 nitrogen and oxygen atoms in total. The van der Waals surface area contributed by atoms with E-state index in [4.69, 9.17) is 30.1 Å². The Morgan fingerprint density at radius 3 is 1.36 bits per heavy atom. The van der Waals surface area contributed by atoms with Crippen LogP contribution in [-0.4, -0.2) is 75.5 Å². The highest BCUT2D eigenvalue weighted by atomic mass is 32.2. The monoisotopic (exact) mass is 974 g/mol. The molecule has 352 valence electrons. The second-order valence-corrected chi connectivity index (χ2v) is 20.4. The van der Waals surface area contributed by atoms with Crippen LogP contribution in [0.1, 0.15) is 72.1 Å².